The maximum absolute atomic E-state index is 12.3. The number of rotatable bonds is 7. The van der Waals surface area contributed by atoms with Gasteiger partial charge in [0.1, 0.15) is 11.5 Å². The molecular weight excluding hydrogens is 308 g/mol. The molecule has 5 nitrogen and oxygen atoms in total. The van der Waals surface area contributed by atoms with Crippen LogP contribution < -0.4 is 18.9 Å². The SMILES string of the molecule is COc1ccc(C(=O)C=Cc2cc(OC)c(OC)cc2OC)cc1. The Morgan fingerprint density at radius 3 is 1.92 bits per heavy atom. The van der Waals surface area contributed by atoms with Gasteiger partial charge in [0.05, 0.1) is 28.4 Å². The molecule has 0 radical (unpaired) electrons. The Labute approximate surface area is 141 Å². The molecule has 0 unspecified atom stereocenters. The standard InChI is InChI=1S/C19H20O5/c1-21-15-8-5-13(6-9-15)16(20)10-7-14-11-18(23-3)19(24-4)12-17(14)22-2/h5-12H,1-4H3. The van der Waals surface area contributed by atoms with Gasteiger partial charge in [-0.3, -0.25) is 4.79 Å². The van der Waals surface area contributed by atoms with E-state index in [1.54, 1.807) is 70.9 Å². The Morgan fingerprint density at radius 1 is 0.792 bits per heavy atom. The van der Waals surface area contributed by atoms with Gasteiger partial charge in [-0.25, -0.2) is 0 Å². The lowest BCUT2D eigenvalue weighted by atomic mass is 10.1. The number of hydrogen-bond donors (Lipinski definition) is 0. The van der Waals surface area contributed by atoms with Crippen molar-refractivity contribution in [2.45, 2.75) is 0 Å². The Kier molecular flexibility index (Phi) is 5.84. The summed E-state index contributed by atoms with van der Waals surface area (Å²) in [5.41, 5.74) is 1.29. The highest BCUT2D eigenvalue weighted by Gasteiger charge is 2.10. The number of allylic oxidation sites excluding steroid dienone is 1. The summed E-state index contributed by atoms with van der Waals surface area (Å²) in [6.45, 7) is 0. The van der Waals surface area contributed by atoms with E-state index in [1.165, 1.54) is 6.08 Å². The van der Waals surface area contributed by atoms with Gasteiger partial charge in [-0.15, -0.1) is 0 Å². The summed E-state index contributed by atoms with van der Waals surface area (Å²) in [7, 11) is 6.25. The van der Waals surface area contributed by atoms with Crippen molar-refractivity contribution in [3.8, 4) is 23.0 Å². The third-order valence-corrected chi connectivity index (χ3v) is 3.52. The molecule has 2 aromatic carbocycles. The van der Waals surface area contributed by atoms with Gasteiger partial charge in [0.2, 0.25) is 0 Å². The second-order valence-corrected chi connectivity index (χ2v) is 4.88. The lowest BCUT2D eigenvalue weighted by Gasteiger charge is -2.12. The van der Waals surface area contributed by atoms with Crippen LogP contribution in [0.3, 0.4) is 0 Å². The molecule has 0 saturated carbocycles. The van der Waals surface area contributed by atoms with Crippen LogP contribution in [0.15, 0.2) is 42.5 Å². The minimum absolute atomic E-state index is 0.116. The van der Waals surface area contributed by atoms with Gasteiger partial charge in [0.15, 0.2) is 17.3 Å². The lowest BCUT2D eigenvalue weighted by molar-refractivity contribution is 0.104. The predicted octanol–water partition coefficient (Wildman–Crippen LogP) is 3.62. The molecule has 0 aliphatic rings. The summed E-state index contributed by atoms with van der Waals surface area (Å²) < 4.78 is 20.9. The Balaban J connectivity index is 2.27. The van der Waals surface area contributed by atoms with Crippen molar-refractivity contribution in [2.75, 3.05) is 28.4 Å². The molecule has 24 heavy (non-hydrogen) atoms. The van der Waals surface area contributed by atoms with E-state index in [-0.39, 0.29) is 5.78 Å². The highest BCUT2D eigenvalue weighted by molar-refractivity contribution is 6.07. The fourth-order valence-electron chi connectivity index (χ4n) is 2.20. The van der Waals surface area contributed by atoms with Gasteiger partial charge in [-0.2, -0.15) is 0 Å². The molecule has 0 fully saturated rings. The summed E-state index contributed by atoms with van der Waals surface area (Å²) in [5.74, 6) is 2.31. The van der Waals surface area contributed by atoms with E-state index < -0.39 is 0 Å². The molecule has 0 bridgehead atoms. The first-order chi connectivity index (χ1) is 11.6. The molecule has 0 atom stereocenters. The number of ketones is 1. The third-order valence-electron chi connectivity index (χ3n) is 3.52. The summed E-state index contributed by atoms with van der Waals surface area (Å²) in [6, 6.07) is 10.4. The molecule has 2 rings (SSSR count). The van der Waals surface area contributed by atoms with E-state index >= 15 is 0 Å². The molecule has 0 N–H and O–H groups in total. The van der Waals surface area contributed by atoms with Crippen molar-refractivity contribution in [3.05, 3.63) is 53.6 Å². The number of carbonyl (C=O) groups is 1. The third kappa shape index (κ3) is 3.87. The monoisotopic (exact) mass is 328 g/mol. The molecule has 0 saturated heterocycles. The van der Waals surface area contributed by atoms with Gasteiger partial charge < -0.3 is 18.9 Å². The van der Waals surface area contributed by atoms with Gasteiger partial charge in [0, 0.05) is 17.2 Å². The van der Waals surface area contributed by atoms with E-state index in [2.05, 4.69) is 0 Å². The summed E-state index contributed by atoms with van der Waals surface area (Å²) in [6.07, 6.45) is 3.18. The smallest absolute Gasteiger partial charge is 0.185 e. The zero-order valence-electron chi connectivity index (χ0n) is 14.2. The Hall–Kier alpha value is -2.95. The van der Waals surface area contributed by atoms with Crippen LogP contribution in [-0.2, 0) is 0 Å². The molecule has 0 aromatic heterocycles. The summed E-state index contributed by atoms with van der Waals surface area (Å²) in [4.78, 5) is 12.3. The molecular formula is C19H20O5. The first-order valence-corrected chi connectivity index (χ1v) is 7.29. The van der Waals surface area contributed by atoms with Gasteiger partial charge in [-0.1, -0.05) is 0 Å². The number of ether oxygens (including phenoxy) is 4. The van der Waals surface area contributed by atoms with Crippen molar-refractivity contribution < 1.29 is 23.7 Å². The number of benzene rings is 2. The van der Waals surface area contributed by atoms with Crippen molar-refractivity contribution in [1.82, 2.24) is 0 Å². The largest absolute Gasteiger partial charge is 0.497 e. The van der Waals surface area contributed by atoms with Crippen LogP contribution in [-0.4, -0.2) is 34.2 Å². The number of carbonyl (C=O) groups excluding carboxylic acids is 1. The van der Waals surface area contributed by atoms with Gasteiger partial charge >= 0.3 is 0 Å². The van der Waals surface area contributed by atoms with E-state index in [4.69, 9.17) is 18.9 Å². The van der Waals surface area contributed by atoms with Crippen molar-refractivity contribution in [2.24, 2.45) is 0 Å². The molecule has 5 heteroatoms. The average molecular weight is 328 g/mol. The van der Waals surface area contributed by atoms with Crippen LogP contribution in [0.2, 0.25) is 0 Å². The average Bonchev–Trinajstić information content (AvgIpc) is 2.65. The molecule has 0 heterocycles. The molecule has 0 spiro atoms. The first-order valence-electron chi connectivity index (χ1n) is 7.29. The quantitative estimate of drug-likeness (QED) is 0.574. The minimum atomic E-state index is -0.116. The fourth-order valence-corrected chi connectivity index (χ4v) is 2.20. The topological polar surface area (TPSA) is 54.0 Å². The molecule has 0 aliphatic heterocycles. The first kappa shape index (κ1) is 17.4. The molecule has 126 valence electrons. The highest BCUT2D eigenvalue weighted by atomic mass is 16.5. The molecule has 0 amide bonds. The fraction of sp³-hybridized carbons (Fsp3) is 0.211. The zero-order valence-corrected chi connectivity index (χ0v) is 14.2. The van der Waals surface area contributed by atoms with Crippen LogP contribution in [0.4, 0.5) is 0 Å². The molecule has 0 aliphatic carbocycles. The van der Waals surface area contributed by atoms with Crippen LogP contribution in [0.25, 0.3) is 6.08 Å². The molecule has 2 aromatic rings. The minimum Gasteiger partial charge on any atom is -0.497 e. The van der Waals surface area contributed by atoms with Crippen LogP contribution >= 0.6 is 0 Å². The van der Waals surface area contributed by atoms with Crippen molar-refractivity contribution >= 4 is 11.9 Å². The zero-order chi connectivity index (χ0) is 17.5. The maximum atomic E-state index is 12.3. The summed E-state index contributed by atoms with van der Waals surface area (Å²) in [5, 5.41) is 0. The Bertz CT molecular complexity index is 732. The van der Waals surface area contributed by atoms with Gasteiger partial charge in [-0.05, 0) is 42.5 Å². The van der Waals surface area contributed by atoms with E-state index in [9.17, 15) is 4.79 Å². The van der Waals surface area contributed by atoms with Crippen molar-refractivity contribution in [1.29, 1.82) is 0 Å². The number of methoxy groups -OCH3 is 4. The van der Waals surface area contributed by atoms with Crippen LogP contribution in [0, 0.1) is 0 Å². The van der Waals surface area contributed by atoms with Gasteiger partial charge in [0.25, 0.3) is 0 Å². The second-order valence-electron chi connectivity index (χ2n) is 4.88. The van der Waals surface area contributed by atoms with E-state index in [0.29, 0.717) is 28.6 Å². The van der Waals surface area contributed by atoms with Crippen LogP contribution in [0.1, 0.15) is 15.9 Å². The van der Waals surface area contributed by atoms with E-state index in [1.807, 2.05) is 0 Å². The predicted molar refractivity (Wildman–Crippen MR) is 92.5 cm³/mol. The summed E-state index contributed by atoms with van der Waals surface area (Å²) >= 11 is 0. The maximum Gasteiger partial charge on any atom is 0.185 e. The van der Waals surface area contributed by atoms with Crippen molar-refractivity contribution in [3.63, 3.8) is 0 Å². The van der Waals surface area contributed by atoms with E-state index in [0.717, 1.165) is 5.56 Å². The van der Waals surface area contributed by atoms with Crippen LogP contribution in [0.5, 0.6) is 23.0 Å². The second kappa shape index (κ2) is 8.06. The number of hydrogen-bond acceptors (Lipinski definition) is 5. The lowest BCUT2D eigenvalue weighted by Crippen LogP contribution is -1.96. The highest BCUT2D eigenvalue weighted by Crippen LogP contribution is 2.35. The normalized spacial score (nSPS) is 10.5. The Morgan fingerprint density at radius 2 is 1.38 bits per heavy atom.